The van der Waals surface area contributed by atoms with Crippen LogP contribution in [0.2, 0.25) is 0 Å². The number of phenols is 1. The van der Waals surface area contributed by atoms with Crippen LogP contribution >= 0.6 is 0 Å². The number of amides is 1. The minimum absolute atomic E-state index is 0.0252. The summed E-state index contributed by atoms with van der Waals surface area (Å²) in [6.07, 6.45) is 4.25. The maximum absolute atomic E-state index is 12.0. The van der Waals surface area contributed by atoms with Crippen LogP contribution in [-0.2, 0) is 0 Å². The zero-order valence-electron chi connectivity index (χ0n) is 11.4. The summed E-state index contributed by atoms with van der Waals surface area (Å²) in [5.74, 6) is 0.306. The number of para-hydroxylation sites is 1. The zero-order valence-corrected chi connectivity index (χ0v) is 11.4. The van der Waals surface area contributed by atoms with Crippen molar-refractivity contribution in [2.75, 3.05) is 0 Å². The van der Waals surface area contributed by atoms with Gasteiger partial charge in [0.1, 0.15) is 5.75 Å². The number of nitrogens with zero attached hydrogens (tertiary/aromatic N) is 1. The van der Waals surface area contributed by atoms with Gasteiger partial charge in [0.05, 0.1) is 5.56 Å². The molecule has 1 aliphatic rings. The van der Waals surface area contributed by atoms with Gasteiger partial charge < -0.3 is 5.11 Å². The van der Waals surface area contributed by atoms with Crippen molar-refractivity contribution < 1.29 is 9.90 Å². The van der Waals surface area contributed by atoms with E-state index in [9.17, 15) is 9.90 Å². The lowest BCUT2D eigenvalue weighted by molar-refractivity contribution is 0.0951. The second kappa shape index (κ2) is 5.87. The SMILES string of the molecule is Cc1cccc(C(=O)NN=C2CCCC(C)C2)c1O. The molecule has 0 spiro atoms. The van der Waals surface area contributed by atoms with Crippen LogP contribution in [0.5, 0.6) is 5.75 Å². The van der Waals surface area contributed by atoms with Crippen LogP contribution in [0.25, 0.3) is 0 Å². The van der Waals surface area contributed by atoms with Gasteiger partial charge in [0.15, 0.2) is 0 Å². The first-order chi connectivity index (χ1) is 9.08. The molecule has 0 heterocycles. The number of hydrogen-bond donors (Lipinski definition) is 2. The van der Waals surface area contributed by atoms with Crippen LogP contribution in [0.15, 0.2) is 23.3 Å². The lowest BCUT2D eigenvalue weighted by Crippen LogP contribution is -2.22. The Hall–Kier alpha value is -1.84. The van der Waals surface area contributed by atoms with Crippen molar-refractivity contribution in [1.29, 1.82) is 0 Å². The van der Waals surface area contributed by atoms with E-state index in [1.54, 1.807) is 25.1 Å². The van der Waals surface area contributed by atoms with E-state index >= 15 is 0 Å². The van der Waals surface area contributed by atoms with Crippen molar-refractivity contribution in [2.24, 2.45) is 11.0 Å². The Morgan fingerprint density at radius 2 is 2.26 bits per heavy atom. The van der Waals surface area contributed by atoms with Crippen LogP contribution in [0, 0.1) is 12.8 Å². The van der Waals surface area contributed by atoms with E-state index in [0.717, 1.165) is 25.0 Å². The Labute approximate surface area is 113 Å². The summed E-state index contributed by atoms with van der Waals surface area (Å²) in [7, 11) is 0. The summed E-state index contributed by atoms with van der Waals surface area (Å²) in [4.78, 5) is 12.0. The second-order valence-electron chi connectivity index (χ2n) is 5.29. The van der Waals surface area contributed by atoms with Crippen LogP contribution < -0.4 is 5.43 Å². The van der Waals surface area contributed by atoms with Crippen LogP contribution in [0.3, 0.4) is 0 Å². The van der Waals surface area contributed by atoms with E-state index in [1.165, 1.54) is 6.42 Å². The number of rotatable bonds is 2. The molecule has 1 aromatic carbocycles. The topological polar surface area (TPSA) is 61.7 Å². The predicted octanol–water partition coefficient (Wildman–Crippen LogP) is 3.00. The maximum atomic E-state index is 12.0. The molecule has 1 aliphatic carbocycles. The molecular weight excluding hydrogens is 240 g/mol. The number of aryl methyl sites for hydroxylation is 1. The average molecular weight is 260 g/mol. The summed E-state index contributed by atoms with van der Waals surface area (Å²) >= 11 is 0. The fourth-order valence-corrected chi connectivity index (χ4v) is 2.39. The highest BCUT2D eigenvalue weighted by Gasteiger charge is 2.15. The van der Waals surface area contributed by atoms with Crippen molar-refractivity contribution in [2.45, 2.75) is 39.5 Å². The quantitative estimate of drug-likeness (QED) is 0.803. The lowest BCUT2D eigenvalue weighted by Gasteiger charge is -2.19. The van der Waals surface area contributed by atoms with E-state index in [2.05, 4.69) is 17.5 Å². The van der Waals surface area contributed by atoms with Gasteiger partial charge in [0.25, 0.3) is 5.91 Å². The molecule has 0 aliphatic heterocycles. The van der Waals surface area contributed by atoms with E-state index in [4.69, 9.17) is 0 Å². The Morgan fingerprint density at radius 3 is 3.00 bits per heavy atom. The summed E-state index contributed by atoms with van der Waals surface area (Å²) in [5.41, 5.74) is 4.55. The van der Waals surface area contributed by atoms with Gasteiger partial charge in [-0.2, -0.15) is 5.10 Å². The van der Waals surface area contributed by atoms with Crippen LogP contribution in [0.4, 0.5) is 0 Å². The molecule has 102 valence electrons. The third-order valence-electron chi connectivity index (χ3n) is 3.54. The van der Waals surface area contributed by atoms with Crippen molar-refractivity contribution in [1.82, 2.24) is 5.43 Å². The number of aromatic hydroxyl groups is 1. The molecule has 1 saturated carbocycles. The van der Waals surface area contributed by atoms with Crippen molar-refractivity contribution >= 4 is 11.6 Å². The highest BCUT2D eigenvalue weighted by Crippen LogP contribution is 2.22. The molecule has 0 aromatic heterocycles. The van der Waals surface area contributed by atoms with Crippen LogP contribution in [0.1, 0.15) is 48.5 Å². The Balaban J connectivity index is 2.05. The number of hydrogen-bond acceptors (Lipinski definition) is 3. The third-order valence-corrected chi connectivity index (χ3v) is 3.54. The minimum atomic E-state index is -0.355. The fraction of sp³-hybridized carbons (Fsp3) is 0.467. The molecule has 4 nitrogen and oxygen atoms in total. The summed E-state index contributed by atoms with van der Waals surface area (Å²) < 4.78 is 0. The Bertz CT molecular complexity index is 509. The predicted molar refractivity (Wildman–Crippen MR) is 75.4 cm³/mol. The van der Waals surface area contributed by atoms with Crippen molar-refractivity contribution in [3.63, 3.8) is 0 Å². The highest BCUT2D eigenvalue weighted by atomic mass is 16.3. The first-order valence-corrected chi connectivity index (χ1v) is 6.72. The molecule has 1 fully saturated rings. The first kappa shape index (κ1) is 13.6. The maximum Gasteiger partial charge on any atom is 0.275 e. The highest BCUT2D eigenvalue weighted by molar-refractivity contribution is 5.98. The van der Waals surface area contributed by atoms with Gasteiger partial charge in [0.2, 0.25) is 0 Å². The summed E-state index contributed by atoms with van der Waals surface area (Å²) in [6, 6.07) is 5.11. The normalized spacial score (nSPS) is 21.4. The minimum Gasteiger partial charge on any atom is -0.507 e. The Morgan fingerprint density at radius 1 is 1.47 bits per heavy atom. The Kier molecular flexibility index (Phi) is 4.20. The molecule has 4 heteroatoms. The van der Waals surface area contributed by atoms with E-state index in [0.29, 0.717) is 11.5 Å². The van der Waals surface area contributed by atoms with E-state index in [-0.39, 0.29) is 17.2 Å². The monoisotopic (exact) mass is 260 g/mol. The molecule has 2 N–H and O–H groups in total. The molecular formula is C15H20N2O2. The number of carbonyl (C=O) groups is 1. The molecule has 1 amide bonds. The number of nitrogens with one attached hydrogen (secondary N) is 1. The molecule has 0 bridgehead atoms. The third kappa shape index (κ3) is 3.34. The van der Waals surface area contributed by atoms with Gasteiger partial charge in [0, 0.05) is 5.71 Å². The van der Waals surface area contributed by atoms with Gasteiger partial charge in [-0.1, -0.05) is 19.1 Å². The summed E-state index contributed by atoms with van der Waals surface area (Å²) in [5, 5.41) is 14.0. The molecule has 0 saturated heterocycles. The number of benzene rings is 1. The molecule has 1 unspecified atom stereocenters. The molecule has 1 aromatic rings. The van der Waals surface area contributed by atoms with Gasteiger partial charge in [-0.25, -0.2) is 5.43 Å². The molecule has 0 radical (unpaired) electrons. The molecule has 1 atom stereocenters. The standard InChI is InChI=1S/C15H20N2O2/c1-10-5-3-7-12(9-10)16-17-15(19)13-8-4-6-11(2)14(13)18/h4,6,8,10,18H,3,5,7,9H2,1-2H3,(H,17,19). The van der Waals surface area contributed by atoms with E-state index < -0.39 is 0 Å². The van der Waals surface area contributed by atoms with Gasteiger partial charge in [-0.05, 0) is 50.2 Å². The average Bonchev–Trinajstić information content (AvgIpc) is 2.39. The first-order valence-electron chi connectivity index (χ1n) is 6.72. The zero-order chi connectivity index (χ0) is 13.8. The van der Waals surface area contributed by atoms with Crippen molar-refractivity contribution in [3.05, 3.63) is 29.3 Å². The summed E-state index contributed by atoms with van der Waals surface area (Å²) in [6.45, 7) is 3.96. The van der Waals surface area contributed by atoms with Crippen molar-refractivity contribution in [3.8, 4) is 5.75 Å². The number of hydrazone groups is 1. The molecule has 19 heavy (non-hydrogen) atoms. The number of carbonyl (C=O) groups excluding carboxylic acids is 1. The lowest BCUT2D eigenvalue weighted by atomic mass is 9.89. The van der Waals surface area contributed by atoms with Gasteiger partial charge in [-0.3, -0.25) is 4.79 Å². The largest absolute Gasteiger partial charge is 0.507 e. The molecule has 2 rings (SSSR count). The van der Waals surface area contributed by atoms with Crippen LogP contribution in [-0.4, -0.2) is 16.7 Å². The smallest absolute Gasteiger partial charge is 0.275 e. The fourth-order valence-electron chi connectivity index (χ4n) is 2.39. The second-order valence-corrected chi connectivity index (χ2v) is 5.29. The van der Waals surface area contributed by atoms with Gasteiger partial charge in [-0.15, -0.1) is 0 Å². The number of phenolic OH excluding ortho intramolecular Hbond substituents is 1. The van der Waals surface area contributed by atoms with Gasteiger partial charge >= 0.3 is 0 Å². The van der Waals surface area contributed by atoms with E-state index in [1.807, 2.05) is 0 Å².